The smallest absolute Gasteiger partial charge is 0.109 e. The largest absolute Gasteiger partial charge is 0.301 e. The van der Waals surface area contributed by atoms with Crippen LogP contribution in [0, 0.1) is 0 Å². The Morgan fingerprint density at radius 3 is 2.63 bits per heavy atom. The molecule has 1 aromatic heterocycles. The van der Waals surface area contributed by atoms with Gasteiger partial charge < -0.3 is 5.32 Å². The summed E-state index contributed by atoms with van der Waals surface area (Å²) in [4.78, 5) is 5.85. The Balaban J connectivity index is 2.06. The lowest BCUT2D eigenvalue weighted by Crippen LogP contribution is -2.22. The van der Waals surface area contributed by atoms with Crippen molar-refractivity contribution in [3.05, 3.63) is 50.4 Å². The Hall–Kier alpha value is -0.710. The number of rotatable bonds is 5. The number of aryl methyl sites for hydroxylation is 1. The summed E-state index contributed by atoms with van der Waals surface area (Å²) in [7, 11) is 0. The molecule has 2 nitrogen and oxygen atoms in total. The lowest BCUT2D eigenvalue weighted by atomic mass is 10.1. The average molecular weight is 339 g/mol. The van der Waals surface area contributed by atoms with Crippen LogP contribution in [0.3, 0.4) is 0 Å². The third-order valence-corrected chi connectivity index (χ3v) is 5.21. The second-order valence-electron chi connectivity index (χ2n) is 4.65. The van der Waals surface area contributed by atoms with E-state index in [9.17, 15) is 0 Å². The molecule has 0 aliphatic carbocycles. The predicted octanol–water partition coefficient (Wildman–Crippen LogP) is 4.88. The Kier molecular flexibility index (Phi) is 5.13. The molecule has 0 fully saturated rings. The summed E-state index contributed by atoms with van der Waals surface area (Å²) in [5.41, 5.74) is 1.28. The third kappa shape index (κ3) is 3.65. The number of aromatic nitrogens is 1. The summed E-state index contributed by atoms with van der Waals surface area (Å²) < 4.78 is 1.15. The Morgan fingerprint density at radius 1 is 1.26 bits per heavy atom. The molecule has 0 spiro atoms. The molecule has 1 N–H and O–H groups in total. The van der Waals surface area contributed by atoms with E-state index in [2.05, 4.69) is 65.2 Å². The number of thiazole rings is 1. The summed E-state index contributed by atoms with van der Waals surface area (Å²) in [6.07, 6.45) is 3.05. The lowest BCUT2D eigenvalue weighted by molar-refractivity contribution is 0.492. The predicted molar refractivity (Wildman–Crippen MR) is 85.6 cm³/mol. The van der Waals surface area contributed by atoms with Gasteiger partial charge in [-0.05, 0) is 31.9 Å². The minimum atomic E-state index is 0.271. The first kappa shape index (κ1) is 14.7. The summed E-state index contributed by atoms with van der Waals surface area (Å²) in [6.45, 7) is 6.52. The minimum absolute atomic E-state index is 0.271. The van der Waals surface area contributed by atoms with Gasteiger partial charge in [0.15, 0.2) is 0 Å². The van der Waals surface area contributed by atoms with Crippen molar-refractivity contribution in [2.45, 2.75) is 39.3 Å². The number of nitrogens with one attached hydrogen (secondary N) is 1. The number of hydrogen-bond donors (Lipinski definition) is 1. The van der Waals surface area contributed by atoms with Gasteiger partial charge in [-0.25, -0.2) is 4.98 Å². The highest BCUT2D eigenvalue weighted by Gasteiger charge is 2.15. The van der Waals surface area contributed by atoms with Crippen molar-refractivity contribution < 1.29 is 0 Å². The van der Waals surface area contributed by atoms with E-state index in [-0.39, 0.29) is 6.04 Å². The Morgan fingerprint density at radius 2 is 2.00 bits per heavy atom. The molecule has 2 rings (SSSR count). The standard InChI is InChI=1S/C15H19BrN2S/c1-4-12-9-17-15(19-12)11(3)18-10(2)13-7-5-6-8-14(13)16/h5-11,18H,4H2,1-3H3. The van der Waals surface area contributed by atoms with Crippen LogP contribution in [0.25, 0.3) is 0 Å². The molecule has 1 heterocycles. The highest BCUT2D eigenvalue weighted by molar-refractivity contribution is 9.10. The number of hydrogen-bond acceptors (Lipinski definition) is 3. The van der Waals surface area contributed by atoms with Gasteiger partial charge in [0.1, 0.15) is 5.01 Å². The van der Waals surface area contributed by atoms with E-state index < -0.39 is 0 Å². The lowest BCUT2D eigenvalue weighted by Gasteiger charge is -2.19. The fourth-order valence-corrected chi connectivity index (χ4v) is 3.55. The fraction of sp³-hybridized carbons (Fsp3) is 0.400. The molecular formula is C15H19BrN2S. The van der Waals surface area contributed by atoms with Crippen LogP contribution in [0.15, 0.2) is 34.9 Å². The molecule has 2 aromatic rings. The molecule has 0 amide bonds. The van der Waals surface area contributed by atoms with Gasteiger partial charge >= 0.3 is 0 Å². The zero-order chi connectivity index (χ0) is 13.8. The van der Waals surface area contributed by atoms with E-state index in [1.807, 2.05) is 12.3 Å². The van der Waals surface area contributed by atoms with Crippen molar-refractivity contribution in [1.82, 2.24) is 10.3 Å². The SMILES string of the molecule is CCc1cnc(C(C)NC(C)c2ccccc2Br)s1. The molecule has 4 heteroatoms. The molecule has 2 unspecified atom stereocenters. The summed E-state index contributed by atoms with van der Waals surface area (Å²) in [6, 6.07) is 8.90. The maximum atomic E-state index is 4.50. The van der Waals surface area contributed by atoms with Crippen molar-refractivity contribution in [3.63, 3.8) is 0 Å². The van der Waals surface area contributed by atoms with Gasteiger partial charge in [0.05, 0.1) is 6.04 Å². The van der Waals surface area contributed by atoms with Crippen LogP contribution < -0.4 is 5.32 Å². The van der Waals surface area contributed by atoms with E-state index in [4.69, 9.17) is 0 Å². The van der Waals surface area contributed by atoms with Crippen LogP contribution in [0.5, 0.6) is 0 Å². The van der Waals surface area contributed by atoms with E-state index in [1.165, 1.54) is 10.4 Å². The van der Waals surface area contributed by atoms with E-state index in [1.54, 1.807) is 11.3 Å². The van der Waals surface area contributed by atoms with Crippen molar-refractivity contribution in [1.29, 1.82) is 0 Å². The summed E-state index contributed by atoms with van der Waals surface area (Å²) in [5.74, 6) is 0. The molecule has 102 valence electrons. The van der Waals surface area contributed by atoms with E-state index in [0.717, 1.165) is 15.9 Å². The molecule has 0 saturated carbocycles. The van der Waals surface area contributed by atoms with Gasteiger partial charge in [-0.3, -0.25) is 0 Å². The quantitative estimate of drug-likeness (QED) is 0.840. The first-order valence-electron chi connectivity index (χ1n) is 6.57. The summed E-state index contributed by atoms with van der Waals surface area (Å²) >= 11 is 5.40. The molecular weight excluding hydrogens is 320 g/mol. The number of halogens is 1. The highest BCUT2D eigenvalue weighted by Crippen LogP contribution is 2.27. The summed E-state index contributed by atoms with van der Waals surface area (Å²) in [5, 5.41) is 4.77. The Labute approximate surface area is 127 Å². The molecule has 0 bridgehead atoms. The van der Waals surface area contributed by atoms with E-state index in [0.29, 0.717) is 6.04 Å². The van der Waals surface area contributed by atoms with Crippen molar-refractivity contribution >= 4 is 27.3 Å². The number of nitrogens with zero attached hydrogens (tertiary/aromatic N) is 1. The third-order valence-electron chi connectivity index (χ3n) is 3.16. The second kappa shape index (κ2) is 6.64. The highest BCUT2D eigenvalue weighted by atomic mass is 79.9. The topological polar surface area (TPSA) is 24.9 Å². The van der Waals surface area contributed by atoms with Gasteiger partial charge in [-0.2, -0.15) is 0 Å². The van der Waals surface area contributed by atoms with Crippen molar-refractivity contribution in [2.75, 3.05) is 0 Å². The number of benzene rings is 1. The normalized spacial score (nSPS) is 14.3. The first-order valence-corrected chi connectivity index (χ1v) is 8.17. The molecule has 1 aromatic carbocycles. The zero-order valence-corrected chi connectivity index (χ0v) is 13.9. The Bertz CT molecular complexity index is 538. The second-order valence-corrected chi connectivity index (χ2v) is 6.65. The fourth-order valence-electron chi connectivity index (χ4n) is 2.05. The van der Waals surface area contributed by atoms with Crippen LogP contribution in [0.1, 0.15) is 48.3 Å². The zero-order valence-electron chi connectivity index (χ0n) is 11.5. The van der Waals surface area contributed by atoms with E-state index >= 15 is 0 Å². The van der Waals surface area contributed by atoms with Crippen LogP contribution >= 0.6 is 27.3 Å². The van der Waals surface area contributed by atoms with Gasteiger partial charge in [-0.15, -0.1) is 11.3 Å². The molecule has 19 heavy (non-hydrogen) atoms. The monoisotopic (exact) mass is 338 g/mol. The minimum Gasteiger partial charge on any atom is -0.301 e. The molecule has 0 aliphatic rings. The molecule has 0 radical (unpaired) electrons. The maximum Gasteiger partial charge on any atom is 0.109 e. The van der Waals surface area contributed by atoms with Gasteiger partial charge in [0.25, 0.3) is 0 Å². The van der Waals surface area contributed by atoms with Crippen LogP contribution in [0.4, 0.5) is 0 Å². The van der Waals surface area contributed by atoms with Gasteiger partial charge in [0, 0.05) is 21.6 Å². The van der Waals surface area contributed by atoms with Crippen molar-refractivity contribution in [3.8, 4) is 0 Å². The molecule has 2 atom stereocenters. The van der Waals surface area contributed by atoms with Crippen LogP contribution in [0.2, 0.25) is 0 Å². The van der Waals surface area contributed by atoms with Crippen molar-refractivity contribution in [2.24, 2.45) is 0 Å². The molecule has 0 aliphatic heterocycles. The van der Waals surface area contributed by atoms with Crippen LogP contribution in [-0.4, -0.2) is 4.98 Å². The first-order chi connectivity index (χ1) is 9.11. The average Bonchev–Trinajstić information content (AvgIpc) is 2.88. The van der Waals surface area contributed by atoms with Gasteiger partial charge in [0.2, 0.25) is 0 Å². The van der Waals surface area contributed by atoms with Gasteiger partial charge in [-0.1, -0.05) is 41.1 Å². The maximum absolute atomic E-state index is 4.50. The van der Waals surface area contributed by atoms with Crippen LogP contribution in [-0.2, 0) is 6.42 Å². The molecule has 0 saturated heterocycles.